The maximum absolute atomic E-state index is 4.44. The van der Waals surface area contributed by atoms with Crippen molar-refractivity contribution in [3.63, 3.8) is 0 Å². The third-order valence-corrected chi connectivity index (χ3v) is 3.03. The van der Waals surface area contributed by atoms with Crippen LogP contribution in [0, 0.1) is 0 Å². The van der Waals surface area contributed by atoms with Gasteiger partial charge in [0.1, 0.15) is 0 Å². The molecule has 0 amide bonds. The van der Waals surface area contributed by atoms with Crippen molar-refractivity contribution >= 4 is 37.1 Å². The molecule has 2 heteroatoms. The van der Waals surface area contributed by atoms with Crippen molar-refractivity contribution in [2.75, 3.05) is 0 Å². The summed E-state index contributed by atoms with van der Waals surface area (Å²) in [5.74, 6) is 0. The summed E-state index contributed by atoms with van der Waals surface area (Å²) < 4.78 is 0. The van der Waals surface area contributed by atoms with Crippen LogP contribution in [0.25, 0.3) is 21.7 Å². The number of rotatable bonds is 0. The molecule has 2 aromatic carbocycles. The molecular weight excluding hydrogens is 198 g/mol. The van der Waals surface area contributed by atoms with Crippen LogP contribution in [0.2, 0.25) is 0 Å². The van der Waals surface area contributed by atoms with Crippen LogP contribution in [-0.2, 0) is 0 Å². The average Bonchev–Trinajstić information content (AvgIpc) is 2.29. The van der Waals surface area contributed by atoms with Gasteiger partial charge in [-0.25, -0.2) is 0 Å². The first-order valence-electron chi connectivity index (χ1n) is 4.84. The third-order valence-electron chi connectivity index (χ3n) is 2.62. The fraction of sp³-hybridized carbons (Fsp3) is 0. The molecule has 0 aliphatic heterocycles. The number of benzene rings is 2. The van der Waals surface area contributed by atoms with E-state index >= 15 is 0 Å². The Bertz CT molecular complexity index is 646. The number of aromatic nitrogens is 1. The van der Waals surface area contributed by atoms with E-state index in [0.29, 0.717) is 0 Å². The Hall–Kier alpha value is -1.67. The lowest BCUT2D eigenvalue weighted by atomic mass is 10.1. The predicted molar refractivity (Wildman–Crippen MR) is 64.6 cm³/mol. The summed E-state index contributed by atoms with van der Waals surface area (Å²) in [6, 6.07) is 14.4. The van der Waals surface area contributed by atoms with Crippen LogP contribution in [-0.4, -0.2) is 15.2 Å². The summed E-state index contributed by atoms with van der Waals surface area (Å²) in [5, 5.41) is 4.70. The summed E-state index contributed by atoms with van der Waals surface area (Å²) in [4.78, 5) is 4.44. The van der Waals surface area contributed by atoms with Crippen LogP contribution >= 0.6 is 0 Å². The molecule has 0 fully saturated rings. The van der Waals surface area contributed by atoms with Crippen molar-refractivity contribution in [1.29, 1.82) is 0 Å². The zero-order valence-corrected chi connectivity index (χ0v) is 9.07. The van der Waals surface area contributed by atoms with E-state index in [1.54, 1.807) is 0 Å². The van der Waals surface area contributed by atoms with Gasteiger partial charge in [0.25, 0.3) is 0 Å². The molecule has 0 unspecified atom stereocenters. The van der Waals surface area contributed by atoms with E-state index in [2.05, 4.69) is 33.4 Å². The monoisotopic (exact) mass is 206 g/mol. The van der Waals surface area contributed by atoms with Crippen molar-refractivity contribution in [3.05, 3.63) is 48.7 Å². The minimum Gasteiger partial charge on any atom is -0.256 e. The Balaban J connectivity index is 2.64. The SMILES string of the molecule is [Si]c1cccc2ncc3ccccc3c12. The van der Waals surface area contributed by atoms with Crippen LogP contribution in [0.3, 0.4) is 0 Å². The summed E-state index contributed by atoms with van der Waals surface area (Å²) in [6.45, 7) is 0. The Labute approximate surface area is 91.2 Å². The number of nitrogens with zero attached hydrogens (tertiary/aromatic N) is 1. The Morgan fingerprint density at radius 3 is 2.73 bits per heavy atom. The maximum Gasteiger partial charge on any atom is 0.0721 e. The van der Waals surface area contributed by atoms with Crippen molar-refractivity contribution in [3.8, 4) is 0 Å². The summed E-state index contributed by atoms with van der Waals surface area (Å²) in [5.41, 5.74) is 1.03. The topological polar surface area (TPSA) is 12.9 Å². The average molecular weight is 206 g/mol. The molecule has 0 atom stereocenters. The second kappa shape index (κ2) is 3.17. The van der Waals surface area contributed by atoms with Crippen molar-refractivity contribution < 1.29 is 0 Å². The second-order valence-electron chi connectivity index (χ2n) is 3.55. The number of pyridine rings is 1. The predicted octanol–water partition coefficient (Wildman–Crippen LogP) is 2.18. The largest absolute Gasteiger partial charge is 0.256 e. The van der Waals surface area contributed by atoms with E-state index < -0.39 is 0 Å². The standard InChI is InChI=1S/C13H8NSi/c15-12-7-3-6-11-13(12)10-5-2-1-4-9(10)8-14-11/h1-8H. The first kappa shape index (κ1) is 8.62. The fourth-order valence-corrected chi connectivity index (χ4v) is 2.27. The van der Waals surface area contributed by atoms with Gasteiger partial charge in [0.2, 0.25) is 0 Å². The van der Waals surface area contributed by atoms with E-state index in [4.69, 9.17) is 0 Å². The molecule has 0 aliphatic carbocycles. The summed E-state index contributed by atoms with van der Waals surface area (Å²) >= 11 is 0. The molecule has 0 saturated carbocycles. The quantitative estimate of drug-likeness (QED) is 0.406. The molecule has 15 heavy (non-hydrogen) atoms. The van der Waals surface area contributed by atoms with Gasteiger partial charge < -0.3 is 0 Å². The molecule has 3 aromatic rings. The van der Waals surface area contributed by atoms with Gasteiger partial charge in [-0.05, 0) is 11.5 Å². The molecule has 1 aromatic heterocycles. The minimum atomic E-state index is 1.03. The lowest BCUT2D eigenvalue weighted by molar-refractivity contribution is 1.45. The van der Waals surface area contributed by atoms with Gasteiger partial charge in [0, 0.05) is 17.0 Å². The number of hydrogen-bond acceptors (Lipinski definition) is 1. The van der Waals surface area contributed by atoms with Gasteiger partial charge in [-0.3, -0.25) is 4.98 Å². The lowest BCUT2D eigenvalue weighted by Crippen LogP contribution is -2.03. The molecule has 0 spiro atoms. The second-order valence-corrected chi connectivity index (χ2v) is 4.08. The highest BCUT2D eigenvalue weighted by Crippen LogP contribution is 2.20. The van der Waals surface area contributed by atoms with E-state index in [1.165, 1.54) is 16.2 Å². The molecule has 0 aliphatic rings. The van der Waals surface area contributed by atoms with Gasteiger partial charge in [-0.2, -0.15) is 0 Å². The molecular formula is C13H8NSi. The van der Waals surface area contributed by atoms with Gasteiger partial charge in [0.15, 0.2) is 0 Å². The minimum absolute atomic E-state index is 1.03. The van der Waals surface area contributed by atoms with Crippen LogP contribution in [0.4, 0.5) is 0 Å². The third kappa shape index (κ3) is 1.26. The Morgan fingerprint density at radius 2 is 1.80 bits per heavy atom. The van der Waals surface area contributed by atoms with Crippen LogP contribution < -0.4 is 5.19 Å². The maximum atomic E-state index is 4.44. The first-order chi connectivity index (χ1) is 7.36. The van der Waals surface area contributed by atoms with E-state index in [-0.39, 0.29) is 0 Å². The van der Waals surface area contributed by atoms with E-state index in [0.717, 1.165) is 10.7 Å². The fourth-order valence-electron chi connectivity index (χ4n) is 1.91. The number of hydrogen-bond donors (Lipinski definition) is 0. The van der Waals surface area contributed by atoms with Gasteiger partial charge in [-0.1, -0.05) is 41.6 Å². The van der Waals surface area contributed by atoms with E-state index in [9.17, 15) is 0 Å². The molecule has 3 rings (SSSR count). The van der Waals surface area contributed by atoms with Gasteiger partial charge in [0.05, 0.1) is 15.8 Å². The Kier molecular flexibility index (Phi) is 1.82. The highest BCUT2D eigenvalue weighted by Gasteiger charge is 2.02. The van der Waals surface area contributed by atoms with Gasteiger partial charge in [-0.15, -0.1) is 0 Å². The van der Waals surface area contributed by atoms with Crippen molar-refractivity contribution in [2.45, 2.75) is 0 Å². The molecule has 0 N–H and O–H groups in total. The van der Waals surface area contributed by atoms with Gasteiger partial charge >= 0.3 is 0 Å². The molecule has 0 saturated heterocycles. The smallest absolute Gasteiger partial charge is 0.0721 e. The van der Waals surface area contributed by atoms with Crippen LogP contribution in [0.5, 0.6) is 0 Å². The zero-order valence-electron chi connectivity index (χ0n) is 8.07. The van der Waals surface area contributed by atoms with E-state index in [1.807, 2.05) is 30.5 Å². The molecule has 0 bridgehead atoms. The highest BCUT2D eigenvalue weighted by atomic mass is 28.1. The Morgan fingerprint density at radius 1 is 0.933 bits per heavy atom. The molecule has 3 radical (unpaired) electrons. The normalized spacial score (nSPS) is 11.0. The summed E-state index contributed by atoms with van der Waals surface area (Å²) in [7, 11) is 3.63. The number of fused-ring (bicyclic) bond motifs is 3. The van der Waals surface area contributed by atoms with Crippen LogP contribution in [0.15, 0.2) is 48.7 Å². The van der Waals surface area contributed by atoms with Crippen LogP contribution in [0.1, 0.15) is 0 Å². The lowest BCUT2D eigenvalue weighted by Gasteiger charge is -2.05. The van der Waals surface area contributed by atoms with Crippen molar-refractivity contribution in [2.24, 2.45) is 0 Å². The molecule has 69 valence electrons. The zero-order chi connectivity index (χ0) is 10.3. The summed E-state index contributed by atoms with van der Waals surface area (Å²) in [6.07, 6.45) is 1.92. The molecule has 1 nitrogen and oxygen atoms in total. The highest BCUT2D eigenvalue weighted by molar-refractivity contribution is 6.41. The van der Waals surface area contributed by atoms with Crippen molar-refractivity contribution in [1.82, 2.24) is 4.98 Å². The molecule has 1 heterocycles. The first-order valence-corrected chi connectivity index (χ1v) is 5.34.